The van der Waals surface area contributed by atoms with Gasteiger partial charge in [0.15, 0.2) is 5.82 Å². The molecule has 2 aromatic heterocycles. The molecule has 1 atom stereocenters. The van der Waals surface area contributed by atoms with Gasteiger partial charge in [-0.05, 0) is 74.1 Å². The molecule has 1 fully saturated rings. The van der Waals surface area contributed by atoms with Crippen LogP contribution in [0.1, 0.15) is 49.8 Å². The van der Waals surface area contributed by atoms with Crippen LogP contribution in [0.4, 0.5) is 34.9 Å². The molecule has 9 nitrogen and oxygen atoms in total. The molecule has 3 N–H and O–H groups in total. The van der Waals surface area contributed by atoms with Gasteiger partial charge in [0.2, 0.25) is 5.91 Å². The Labute approximate surface area is 256 Å². The van der Waals surface area contributed by atoms with E-state index in [0.29, 0.717) is 29.8 Å². The number of piperidine rings is 1. The summed E-state index contributed by atoms with van der Waals surface area (Å²) in [6.45, 7) is 4.16. The topological polar surface area (TPSA) is 104 Å². The lowest BCUT2D eigenvalue weighted by Gasteiger charge is -2.30. The van der Waals surface area contributed by atoms with E-state index in [4.69, 9.17) is 0 Å². The second-order valence-corrected chi connectivity index (χ2v) is 11.3. The Hall–Kier alpha value is -4.78. The van der Waals surface area contributed by atoms with Crippen molar-refractivity contribution in [2.75, 3.05) is 35.6 Å². The van der Waals surface area contributed by atoms with Crippen LogP contribution in [0.15, 0.2) is 72.2 Å². The van der Waals surface area contributed by atoms with Crippen molar-refractivity contribution in [3.8, 4) is 0 Å². The van der Waals surface area contributed by atoms with Crippen molar-refractivity contribution in [3.05, 3.63) is 89.1 Å². The maximum atomic E-state index is 14.9. The van der Waals surface area contributed by atoms with Gasteiger partial charge in [0.05, 0.1) is 11.1 Å². The molecule has 0 aliphatic carbocycles. The van der Waals surface area contributed by atoms with Crippen LogP contribution >= 0.6 is 0 Å². The van der Waals surface area contributed by atoms with Gasteiger partial charge >= 0.3 is 6.18 Å². The average Bonchev–Trinajstić information content (AvgIpc) is 3.40. The number of aromatic nitrogens is 3. The fourth-order valence-electron chi connectivity index (χ4n) is 5.87. The Kier molecular flexibility index (Phi) is 8.28. The van der Waals surface area contributed by atoms with Crippen LogP contribution in [0, 0.1) is 5.82 Å². The second kappa shape index (κ2) is 12.3. The third-order valence-electron chi connectivity index (χ3n) is 8.10. The molecule has 1 saturated heterocycles. The predicted molar refractivity (Wildman–Crippen MR) is 162 cm³/mol. The molecule has 2 aliphatic heterocycles. The number of anilines is 3. The van der Waals surface area contributed by atoms with Gasteiger partial charge in [0.25, 0.3) is 5.91 Å². The van der Waals surface area contributed by atoms with Crippen LogP contribution in [0.3, 0.4) is 0 Å². The molecule has 234 valence electrons. The van der Waals surface area contributed by atoms with E-state index in [9.17, 15) is 27.2 Å². The summed E-state index contributed by atoms with van der Waals surface area (Å²) in [5.41, 5.74) is -0.367. The number of benzene rings is 2. The quantitative estimate of drug-likeness (QED) is 0.209. The summed E-state index contributed by atoms with van der Waals surface area (Å²) in [6.07, 6.45) is 2.09. The van der Waals surface area contributed by atoms with Gasteiger partial charge in [-0.15, -0.1) is 0 Å². The van der Waals surface area contributed by atoms with E-state index in [1.807, 2.05) is 0 Å². The lowest BCUT2D eigenvalue weighted by atomic mass is 9.93. The van der Waals surface area contributed by atoms with Crippen molar-refractivity contribution in [1.82, 2.24) is 19.7 Å². The zero-order valence-electron chi connectivity index (χ0n) is 24.4. The highest BCUT2D eigenvalue weighted by Gasteiger charge is 2.37. The number of hydrogen-bond donors (Lipinski definition) is 3. The van der Waals surface area contributed by atoms with E-state index in [2.05, 4.69) is 30.9 Å². The van der Waals surface area contributed by atoms with Gasteiger partial charge in [0.1, 0.15) is 17.7 Å². The third kappa shape index (κ3) is 6.53. The smallest absolute Gasteiger partial charge is 0.344 e. The normalized spacial score (nSPS) is 17.1. The van der Waals surface area contributed by atoms with Gasteiger partial charge in [0, 0.05) is 48.2 Å². The van der Waals surface area contributed by atoms with Gasteiger partial charge < -0.3 is 20.9 Å². The summed E-state index contributed by atoms with van der Waals surface area (Å²) in [7, 11) is 0. The fraction of sp³-hybridized carbons (Fsp3) is 0.312. The summed E-state index contributed by atoms with van der Waals surface area (Å²) in [5, 5.41) is 15.0. The number of carbonyl (C=O) groups is 2. The highest BCUT2D eigenvalue weighted by atomic mass is 19.4. The molecule has 2 aromatic carbocycles. The van der Waals surface area contributed by atoms with E-state index in [-0.39, 0.29) is 29.3 Å². The molecule has 1 unspecified atom stereocenters. The fourth-order valence-corrected chi connectivity index (χ4v) is 5.87. The van der Waals surface area contributed by atoms with Crippen molar-refractivity contribution < 1.29 is 27.2 Å². The van der Waals surface area contributed by atoms with Gasteiger partial charge in [-0.1, -0.05) is 18.6 Å². The van der Waals surface area contributed by atoms with Crippen LogP contribution in [-0.2, 0) is 15.8 Å². The number of fused-ring (bicyclic) bond motifs is 2. The monoisotopic (exact) mass is 621 g/mol. The van der Waals surface area contributed by atoms with Crippen molar-refractivity contribution in [2.24, 2.45) is 0 Å². The number of nitrogens with zero attached hydrogens (tertiary/aromatic N) is 4. The summed E-state index contributed by atoms with van der Waals surface area (Å²) >= 11 is 0. The number of likely N-dealkylation sites (tertiary alicyclic amines) is 1. The first-order valence-corrected chi connectivity index (χ1v) is 14.7. The van der Waals surface area contributed by atoms with Crippen molar-refractivity contribution in [1.29, 1.82) is 0 Å². The predicted octanol–water partition coefficient (Wildman–Crippen LogP) is 6.33. The zero-order chi connectivity index (χ0) is 31.7. The number of halogens is 4. The van der Waals surface area contributed by atoms with E-state index < -0.39 is 29.5 Å². The van der Waals surface area contributed by atoms with Crippen molar-refractivity contribution >= 4 is 39.9 Å². The summed E-state index contributed by atoms with van der Waals surface area (Å²) in [4.78, 5) is 32.9. The van der Waals surface area contributed by atoms with Crippen LogP contribution < -0.4 is 16.0 Å². The summed E-state index contributed by atoms with van der Waals surface area (Å²) in [6, 6.07) is 10.1. The molecular formula is C32H31F4N7O2. The zero-order valence-corrected chi connectivity index (χ0v) is 24.4. The standard InChI is InChI=1S/C32H31F4N7O2/c1-19-29(31(45)39-23-7-5-22-18-37-11-9-20(22)15-23)30(21-6-8-24(25(33)16-21)32(34,35)36)43-27(38-19)17-26(41-43)40-28(44)10-14-42-12-3-2-4-13-42/h5-9,11,15-18,30,38H,2-4,10,12-14H2,1H3,(H,39,45)(H,40,41,44). The lowest BCUT2D eigenvalue weighted by molar-refractivity contribution is -0.140. The molecule has 2 amide bonds. The van der Waals surface area contributed by atoms with E-state index in [0.717, 1.165) is 48.8 Å². The Morgan fingerprint density at radius 1 is 1.00 bits per heavy atom. The SMILES string of the molecule is CC1=C(C(=O)Nc2ccc3cnccc3c2)C(c2ccc(C(F)(F)F)c(F)c2)n2nc(NC(=O)CCN3CCCCC3)cc2N1. The van der Waals surface area contributed by atoms with Crippen LogP contribution in [0.5, 0.6) is 0 Å². The van der Waals surface area contributed by atoms with Gasteiger partial charge in [-0.2, -0.15) is 18.3 Å². The number of allylic oxidation sites excluding steroid dienone is 1. The lowest BCUT2D eigenvalue weighted by Crippen LogP contribution is -2.32. The molecule has 0 bridgehead atoms. The molecule has 45 heavy (non-hydrogen) atoms. The third-order valence-corrected chi connectivity index (χ3v) is 8.10. The number of amides is 2. The average molecular weight is 622 g/mol. The van der Waals surface area contributed by atoms with Gasteiger partial charge in [-0.3, -0.25) is 14.6 Å². The second-order valence-electron chi connectivity index (χ2n) is 11.3. The molecule has 6 rings (SSSR count). The minimum Gasteiger partial charge on any atom is -0.344 e. The van der Waals surface area contributed by atoms with Crippen LogP contribution in [0.25, 0.3) is 10.8 Å². The number of pyridine rings is 1. The molecule has 0 spiro atoms. The highest BCUT2D eigenvalue weighted by molar-refractivity contribution is 6.07. The Balaban J connectivity index is 1.31. The highest BCUT2D eigenvalue weighted by Crippen LogP contribution is 2.40. The largest absolute Gasteiger partial charge is 0.419 e. The van der Waals surface area contributed by atoms with Crippen molar-refractivity contribution in [2.45, 2.75) is 44.8 Å². The van der Waals surface area contributed by atoms with Crippen molar-refractivity contribution in [3.63, 3.8) is 0 Å². The summed E-state index contributed by atoms with van der Waals surface area (Å²) in [5.74, 6) is -1.72. The minimum atomic E-state index is -4.89. The minimum absolute atomic E-state index is 0.0726. The number of nitrogens with one attached hydrogen (secondary N) is 3. The molecule has 13 heteroatoms. The first kappa shape index (κ1) is 30.3. The first-order chi connectivity index (χ1) is 21.6. The molecule has 0 saturated carbocycles. The summed E-state index contributed by atoms with van der Waals surface area (Å²) < 4.78 is 56.4. The number of rotatable bonds is 7. The Morgan fingerprint density at radius 3 is 2.56 bits per heavy atom. The number of hydrogen-bond acceptors (Lipinski definition) is 6. The van der Waals surface area contributed by atoms with E-state index in [1.54, 1.807) is 49.6 Å². The Morgan fingerprint density at radius 2 is 1.80 bits per heavy atom. The number of alkyl halides is 3. The first-order valence-electron chi connectivity index (χ1n) is 14.7. The Bertz CT molecular complexity index is 1790. The molecule has 4 aromatic rings. The van der Waals surface area contributed by atoms with Crippen LogP contribution in [0.2, 0.25) is 0 Å². The van der Waals surface area contributed by atoms with E-state index >= 15 is 0 Å². The molecule has 0 radical (unpaired) electrons. The molecule has 2 aliphatic rings. The number of carbonyl (C=O) groups excluding carboxylic acids is 2. The molecular weight excluding hydrogens is 590 g/mol. The van der Waals surface area contributed by atoms with E-state index in [1.165, 1.54) is 11.1 Å². The van der Waals surface area contributed by atoms with Gasteiger partial charge in [-0.25, -0.2) is 9.07 Å². The molecule has 4 heterocycles. The maximum absolute atomic E-state index is 14.9. The van der Waals surface area contributed by atoms with Crippen LogP contribution in [-0.4, -0.2) is 51.1 Å². The maximum Gasteiger partial charge on any atom is 0.419 e.